The van der Waals surface area contributed by atoms with E-state index in [0.29, 0.717) is 10.0 Å². The fourth-order valence-corrected chi connectivity index (χ4v) is 3.14. The average molecular weight is 387 g/mol. The fourth-order valence-electron chi connectivity index (χ4n) is 1.63. The Labute approximate surface area is 135 Å². The molecule has 0 bridgehead atoms. The molecule has 0 aliphatic rings. The monoisotopic (exact) mass is 385 g/mol. The van der Waals surface area contributed by atoms with Crippen molar-refractivity contribution in [2.24, 2.45) is 0 Å². The maximum Gasteiger partial charge on any atom is 0.265 e. The maximum absolute atomic E-state index is 11.5. The third kappa shape index (κ3) is 4.21. The molecule has 0 heterocycles. The van der Waals surface area contributed by atoms with Crippen LogP contribution in [-0.2, 0) is 15.7 Å². The van der Waals surface area contributed by atoms with Crippen LogP contribution >= 0.6 is 26.6 Å². The zero-order valence-electron chi connectivity index (χ0n) is 10.6. The Morgan fingerprint density at radius 2 is 1.86 bits per heavy atom. The van der Waals surface area contributed by atoms with E-state index >= 15 is 0 Å². The lowest BCUT2D eigenvalue weighted by Gasteiger charge is -2.10. The van der Waals surface area contributed by atoms with Crippen LogP contribution < -0.4 is 4.74 Å². The lowest BCUT2D eigenvalue weighted by molar-refractivity contribution is 0.298. The van der Waals surface area contributed by atoms with Crippen LogP contribution in [0, 0.1) is 11.3 Å². The molecular formula is C14H9BrClNO3S. The van der Waals surface area contributed by atoms with Crippen LogP contribution in [0.1, 0.15) is 11.1 Å². The fraction of sp³-hybridized carbons (Fsp3) is 0.0714. The van der Waals surface area contributed by atoms with Crippen molar-refractivity contribution in [2.75, 3.05) is 0 Å². The van der Waals surface area contributed by atoms with Crippen LogP contribution in [0.15, 0.2) is 51.8 Å². The highest BCUT2D eigenvalue weighted by Crippen LogP contribution is 2.30. The van der Waals surface area contributed by atoms with Gasteiger partial charge in [-0.05, 0) is 35.9 Å². The maximum atomic E-state index is 11.5. The molecule has 0 aromatic heterocycles. The molecule has 0 spiro atoms. The average Bonchev–Trinajstić information content (AvgIpc) is 2.45. The summed E-state index contributed by atoms with van der Waals surface area (Å²) in [6, 6.07) is 13.4. The van der Waals surface area contributed by atoms with Crippen LogP contribution in [0.4, 0.5) is 0 Å². The molecule has 0 atom stereocenters. The van der Waals surface area contributed by atoms with Crippen LogP contribution in [0.5, 0.6) is 5.75 Å². The molecule has 0 fully saturated rings. The molecule has 2 aromatic rings. The Balaban J connectivity index is 2.22. The first-order valence-electron chi connectivity index (χ1n) is 5.76. The van der Waals surface area contributed by atoms with Crippen molar-refractivity contribution in [2.45, 2.75) is 11.5 Å². The van der Waals surface area contributed by atoms with E-state index in [0.717, 1.165) is 5.56 Å². The highest BCUT2D eigenvalue weighted by molar-refractivity contribution is 9.10. The Bertz CT molecular complexity index is 798. The summed E-state index contributed by atoms with van der Waals surface area (Å²) in [6.45, 7) is 0.173. The minimum absolute atomic E-state index is 0.0906. The molecule has 0 saturated heterocycles. The van der Waals surface area contributed by atoms with Crippen molar-refractivity contribution in [3.8, 4) is 11.8 Å². The largest absolute Gasteiger partial charge is 0.487 e. The first kappa shape index (κ1) is 15.8. The Morgan fingerprint density at radius 1 is 1.19 bits per heavy atom. The SMILES string of the molecule is N#Cc1ccc(COc2ccc(Br)cc2S(=O)(=O)Cl)cc1. The molecule has 2 aromatic carbocycles. The summed E-state index contributed by atoms with van der Waals surface area (Å²) >= 11 is 3.19. The summed E-state index contributed by atoms with van der Waals surface area (Å²) in [7, 11) is 1.50. The number of hydrogen-bond donors (Lipinski definition) is 0. The van der Waals surface area contributed by atoms with Crippen molar-refractivity contribution >= 4 is 35.7 Å². The van der Waals surface area contributed by atoms with Crippen LogP contribution in [0.3, 0.4) is 0 Å². The van der Waals surface area contributed by atoms with Crippen LogP contribution in [0.2, 0.25) is 0 Å². The van der Waals surface area contributed by atoms with Gasteiger partial charge in [-0.15, -0.1) is 0 Å². The van der Waals surface area contributed by atoms with Gasteiger partial charge in [-0.25, -0.2) is 8.42 Å². The second-order valence-corrected chi connectivity index (χ2v) is 7.58. The number of halogens is 2. The van der Waals surface area contributed by atoms with Gasteiger partial charge >= 0.3 is 0 Å². The first-order chi connectivity index (χ1) is 9.90. The van der Waals surface area contributed by atoms with Crippen molar-refractivity contribution in [3.05, 3.63) is 58.1 Å². The van der Waals surface area contributed by atoms with Gasteiger partial charge in [0.2, 0.25) is 0 Å². The molecule has 0 amide bonds. The summed E-state index contributed by atoms with van der Waals surface area (Å²) in [4.78, 5) is -0.0906. The smallest absolute Gasteiger partial charge is 0.265 e. The second-order valence-electron chi connectivity index (χ2n) is 4.13. The molecule has 0 unspecified atom stereocenters. The zero-order valence-corrected chi connectivity index (χ0v) is 13.7. The van der Waals surface area contributed by atoms with Gasteiger partial charge in [0.25, 0.3) is 9.05 Å². The molecule has 0 aliphatic carbocycles. The standard InChI is InChI=1S/C14H9BrClNO3S/c15-12-5-6-13(14(7-12)21(16,18)19)20-9-11-3-1-10(8-17)2-4-11/h1-7H,9H2. The van der Waals surface area contributed by atoms with E-state index < -0.39 is 9.05 Å². The van der Waals surface area contributed by atoms with E-state index in [9.17, 15) is 8.42 Å². The molecule has 7 heteroatoms. The number of benzene rings is 2. The number of nitrogens with zero attached hydrogens (tertiary/aromatic N) is 1. The van der Waals surface area contributed by atoms with E-state index in [1.54, 1.807) is 30.3 Å². The predicted molar refractivity (Wildman–Crippen MR) is 82.7 cm³/mol. The minimum atomic E-state index is -3.90. The number of hydrogen-bond acceptors (Lipinski definition) is 4. The first-order valence-corrected chi connectivity index (χ1v) is 8.86. The van der Waals surface area contributed by atoms with Gasteiger partial charge in [-0.2, -0.15) is 5.26 Å². The Kier molecular flexibility index (Phi) is 4.88. The summed E-state index contributed by atoms with van der Waals surface area (Å²) in [5, 5.41) is 8.72. The molecule has 2 rings (SSSR count). The molecule has 108 valence electrons. The molecular weight excluding hydrogens is 378 g/mol. The van der Waals surface area contributed by atoms with E-state index in [-0.39, 0.29) is 17.3 Å². The Morgan fingerprint density at radius 3 is 2.43 bits per heavy atom. The molecule has 21 heavy (non-hydrogen) atoms. The minimum Gasteiger partial charge on any atom is -0.487 e. The second kappa shape index (κ2) is 6.48. The highest BCUT2D eigenvalue weighted by Gasteiger charge is 2.17. The van der Waals surface area contributed by atoms with Gasteiger partial charge in [-0.1, -0.05) is 28.1 Å². The number of rotatable bonds is 4. The summed E-state index contributed by atoms with van der Waals surface area (Å²) in [5.74, 6) is 0.178. The van der Waals surface area contributed by atoms with Crippen molar-refractivity contribution in [3.63, 3.8) is 0 Å². The number of ether oxygens (including phenoxy) is 1. The molecule has 0 aliphatic heterocycles. The van der Waals surface area contributed by atoms with Crippen LogP contribution in [-0.4, -0.2) is 8.42 Å². The topological polar surface area (TPSA) is 67.2 Å². The van der Waals surface area contributed by atoms with E-state index in [4.69, 9.17) is 20.7 Å². The molecule has 4 nitrogen and oxygen atoms in total. The molecule has 0 N–H and O–H groups in total. The molecule has 0 radical (unpaired) electrons. The lowest BCUT2D eigenvalue weighted by Crippen LogP contribution is -2.01. The zero-order chi connectivity index (χ0) is 15.5. The number of nitriles is 1. The van der Waals surface area contributed by atoms with Gasteiger partial charge in [-0.3, -0.25) is 0 Å². The van der Waals surface area contributed by atoms with Gasteiger partial charge in [0.15, 0.2) is 0 Å². The normalized spacial score (nSPS) is 10.9. The third-order valence-corrected chi connectivity index (χ3v) is 4.48. The van der Waals surface area contributed by atoms with Crippen molar-refractivity contribution in [1.29, 1.82) is 5.26 Å². The third-order valence-electron chi connectivity index (χ3n) is 2.65. The van der Waals surface area contributed by atoms with Gasteiger partial charge < -0.3 is 4.74 Å². The highest BCUT2D eigenvalue weighted by atomic mass is 79.9. The van der Waals surface area contributed by atoms with Crippen molar-refractivity contribution < 1.29 is 13.2 Å². The van der Waals surface area contributed by atoms with Gasteiger partial charge in [0, 0.05) is 15.2 Å². The lowest BCUT2D eigenvalue weighted by atomic mass is 10.2. The van der Waals surface area contributed by atoms with E-state index in [2.05, 4.69) is 15.9 Å². The summed E-state index contributed by atoms with van der Waals surface area (Å²) in [6.07, 6.45) is 0. The van der Waals surface area contributed by atoms with Crippen molar-refractivity contribution in [1.82, 2.24) is 0 Å². The Hall–Kier alpha value is -1.55. The van der Waals surface area contributed by atoms with E-state index in [1.165, 1.54) is 12.1 Å². The quantitative estimate of drug-likeness (QED) is 0.749. The summed E-state index contributed by atoms with van der Waals surface area (Å²) < 4.78 is 29.2. The van der Waals surface area contributed by atoms with E-state index in [1.807, 2.05) is 6.07 Å². The summed E-state index contributed by atoms with van der Waals surface area (Å²) in [5.41, 5.74) is 1.36. The van der Waals surface area contributed by atoms with Gasteiger partial charge in [0.1, 0.15) is 17.3 Å². The predicted octanol–water partition coefficient (Wildman–Crippen LogP) is 3.83. The molecule has 0 saturated carbocycles. The van der Waals surface area contributed by atoms with Gasteiger partial charge in [0.05, 0.1) is 11.6 Å². The van der Waals surface area contributed by atoms with Crippen LogP contribution in [0.25, 0.3) is 0 Å².